The summed E-state index contributed by atoms with van der Waals surface area (Å²) in [6, 6.07) is 6.16. The van der Waals surface area contributed by atoms with Gasteiger partial charge in [-0.05, 0) is 54.8 Å². The lowest BCUT2D eigenvalue weighted by molar-refractivity contribution is 0.0971. The zero-order valence-electron chi connectivity index (χ0n) is 13.5. The van der Waals surface area contributed by atoms with Crippen LogP contribution < -0.4 is 5.32 Å². The molecule has 1 nitrogen and oxygen atoms in total. The molecule has 0 unspecified atom stereocenters. The van der Waals surface area contributed by atoms with Crippen LogP contribution in [0, 0.1) is 17.8 Å². The predicted octanol–water partition coefficient (Wildman–Crippen LogP) is 5.54. The van der Waals surface area contributed by atoms with Crippen LogP contribution in [-0.2, 0) is 5.41 Å². The van der Waals surface area contributed by atoms with Crippen molar-refractivity contribution in [3.05, 3.63) is 33.8 Å². The van der Waals surface area contributed by atoms with Crippen LogP contribution in [-0.4, -0.2) is 13.1 Å². The fourth-order valence-electron chi connectivity index (χ4n) is 3.32. The van der Waals surface area contributed by atoms with Crippen molar-refractivity contribution in [2.45, 2.75) is 46.0 Å². The molecule has 1 saturated carbocycles. The molecule has 1 aromatic rings. The molecule has 0 bridgehead atoms. The second-order valence-corrected chi connectivity index (χ2v) is 8.16. The molecule has 0 saturated heterocycles. The van der Waals surface area contributed by atoms with Crippen molar-refractivity contribution in [2.75, 3.05) is 13.1 Å². The van der Waals surface area contributed by atoms with Crippen molar-refractivity contribution >= 4 is 23.2 Å². The summed E-state index contributed by atoms with van der Waals surface area (Å²) in [5, 5.41) is 4.96. The van der Waals surface area contributed by atoms with Crippen molar-refractivity contribution in [2.24, 2.45) is 17.8 Å². The van der Waals surface area contributed by atoms with Gasteiger partial charge in [0.25, 0.3) is 0 Å². The van der Waals surface area contributed by atoms with Crippen molar-refractivity contribution in [1.29, 1.82) is 0 Å². The van der Waals surface area contributed by atoms with E-state index in [0.29, 0.717) is 16.0 Å². The summed E-state index contributed by atoms with van der Waals surface area (Å²) < 4.78 is 0. The lowest BCUT2D eigenvalue weighted by Crippen LogP contribution is -2.50. The van der Waals surface area contributed by atoms with E-state index in [4.69, 9.17) is 23.2 Å². The van der Waals surface area contributed by atoms with Gasteiger partial charge in [0.15, 0.2) is 0 Å². The van der Waals surface area contributed by atoms with E-state index < -0.39 is 0 Å². The van der Waals surface area contributed by atoms with Gasteiger partial charge in [-0.15, -0.1) is 0 Å². The maximum Gasteiger partial charge on any atom is 0.0595 e. The number of benzene rings is 1. The SMILES string of the molecule is CC(C)CNCC1(c2ccc(Cl)c(Cl)c2)CC(C(C)C)C1. The van der Waals surface area contributed by atoms with E-state index in [2.05, 4.69) is 45.1 Å². The third kappa shape index (κ3) is 3.94. The van der Waals surface area contributed by atoms with E-state index in [9.17, 15) is 0 Å². The molecule has 1 fully saturated rings. The minimum Gasteiger partial charge on any atom is -0.316 e. The smallest absolute Gasteiger partial charge is 0.0595 e. The van der Waals surface area contributed by atoms with Gasteiger partial charge in [0.1, 0.15) is 0 Å². The molecule has 0 amide bonds. The first-order valence-corrected chi connectivity index (χ1v) is 8.76. The number of halogens is 2. The van der Waals surface area contributed by atoms with Gasteiger partial charge in [-0.25, -0.2) is 0 Å². The van der Waals surface area contributed by atoms with Gasteiger partial charge in [0, 0.05) is 12.0 Å². The van der Waals surface area contributed by atoms with Crippen molar-refractivity contribution in [3.8, 4) is 0 Å². The van der Waals surface area contributed by atoms with Gasteiger partial charge in [-0.2, -0.15) is 0 Å². The Morgan fingerprint density at radius 2 is 1.81 bits per heavy atom. The molecule has 0 atom stereocenters. The van der Waals surface area contributed by atoms with Crippen LogP contribution in [0.3, 0.4) is 0 Å². The number of nitrogens with one attached hydrogen (secondary N) is 1. The quantitative estimate of drug-likeness (QED) is 0.722. The fourth-order valence-corrected chi connectivity index (χ4v) is 3.62. The highest BCUT2D eigenvalue weighted by Gasteiger charge is 2.46. The first-order chi connectivity index (χ1) is 9.84. The average molecular weight is 328 g/mol. The molecule has 118 valence electrons. The average Bonchev–Trinajstić information content (AvgIpc) is 2.35. The molecule has 2 rings (SSSR count). The van der Waals surface area contributed by atoms with Crippen LogP contribution in [0.5, 0.6) is 0 Å². The van der Waals surface area contributed by atoms with E-state index in [-0.39, 0.29) is 5.41 Å². The van der Waals surface area contributed by atoms with Gasteiger partial charge in [0.2, 0.25) is 0 Å². The summed E-state index contributed by atoms with van der Waals surface area (Å²) in [6.45, 7) is 11.2. The van der Waals surface area contributed by atoms with Crippen LogP contribution in [0.25, 0.3) is 0 Å². The highest BCUT2D eigenvalue weighted by atomic mass is 35.5. The predicted molar refractivity (Wildman–Crippen MR) is 93.4 cm³/mol. The lowest BCUT2D eigenvalue weighted by atomic mass is 9.56. The maximum atomic E-state index is 6.23. The molecule has 0 heterocycles. The zero-order chi connectivity index (χ0) is 15.6. The second-order valence-electron chi connectivity index (χ2n) is 7.35. The van der Waals surface area contributed by atoms with E-state index in [1.807, 2.05) is 6.07 Å². The van der Waals surface area contributed by atoms with Crippen molar-refractivity contribution < 1.29 is 0 Å². The van der Waals surface area contributed by atoms with E-state index in [0.717, 1.165) is 24.9 Å². The molecule has 0 aliphatic heterocycles. The Labute approximate surface area is 139 Å². The normalized spacial score (nSPS) is 25.4. The van der Waals surface area contributed by atoms with Crippen LogP contribution in [0.1, 0.15) is 46.1 Å². The van der Waals surface area contributed by atoms with Gasteiger partial charge in [-0.3, -0.25) is 0 Å². The molecule has 0 aromatic heterocycles. The lowest BCUT2D eigenvalue weighted by Gasteiger charge is -2.50. The first kappa shape index (κ1) is 17.1. The topological polar surface area (TPSA) is 12.0 Å². The summed E-state index contributed by atoms with van der Waals surface area (Å²) in [6.07, 6.45) is 2.49. The Kier molecular flexibility index (Phi) is 5.62. The number of hydrogen-bond donors (Lipinski definition) is 1. The maximum absolute atomic E-state index is 6.23. The molecule has 1 N–H and O–H groups in total. The van der Waals surface area contributed by atoms with Crippen LogP contribution >= 0.6 is 23.2 Å². The van der Waals surface area contributed by atoms with Crippen molar-refractivity contribution in [3.63, 3.8) is 0 Å². The van der Waals surface area contributed by atoms with E-state index >= 15 is 0 Å². The molecular weight excluding hydrogens is 301 g/mol. The molecular formula is C18H27Cl2N. The van der Waals surface area contributed by atoms with Gasteiger partial charge in [-0.1, -0.05) is 57.0 Å². The number of hydrogen-bond acceptors (Lipinski definition) is 1. The summed E-state index contributed by atoms with van der Waals surface area (Å²) in [5.41, 5.74) is 1.57. The minimum absolute atomic E-state index is 0.234. The molecule has 0 spiro atoms. The Bertz CT molecular complexity index is 476. The Hall–Kier alpha value is -0.240. The summed E-state index contributed by atoms with van der Waals surface area (Å²) in [5.74, 6) is 2.25. The summed E-state index contributed by atoms with van der Waals surface area (Å²) >= 11 is 12.3. The second kappa shape index (κ2) is 6.89. The van der Waals surface area contributed by atoms with Gasteiger partial charge in [0.05, 0.1) is 10.0 Å². The summed E-state index contributed by atoms with van der Waals surface area (Å²) in [7, 11) is 0. The third-order valence-electron chi connectivity index (χ3n) is 4.80. The first-order valence-electron chi connectivity index (χ1n) is 8.00. The van der Waals surface area contributed by atoms with Gasteiger partial charge < -0.3 is 5.32 Å². The zero-order valence-corrected chi connectivity index (χ0v) is 15.1. The highest BCUT2D eigenvalue weighted by Crippen LogP contribution is 2.51. The largest absolute Gasteiger partial charge is 0.316 e. The van der Waals surface area contributed by atoms with Crippen LogP contribution in [0.4, 0.5) is 0 Å². The fraction of sp³-hybridized carbons (Fsp3) is 0.667. The summed E-state index contributed by atoms with van der Waals surface area (Å²) in [4.78, 5) is 0. The molecule has 1 aliphatic rings. The minimum atomic E-state index is 0.234. The highest BCUT2D eigenvalue weighted by molar-refractivity contribution is 6.42. The Balaban J connectivity index is 2.14. The molecule has 0 radical (unpaired) electrons. The molecule has 1 aliphatic carbocycles. The van der Waals surface area contributed by atoms with E-state index in [1.165, 1.54) is 18.4 Å². The third-order valence-corrected chi connectivity index (χ3v) is 5.54. The molecule has 3 heteroatoms. The van der Waals surface area contributed by atoms with Crippen molar-refractivity contribution in [1.82, 2.24) is 5.32 Å². The Morgan fingerprint density at radius 3 is 2.33 bits per heavy atom. The standard InChI is InChI=1S/C18H27Cl2N/c1-12(2)10-21-11-18(8-14(9-18)13(3)4)15-5-6-16(19)17(20)7-15/h5-7,12-14,21H,8-11H2,1-4H3. The number of rotatable bonds is 6. The monoisotopic (exact) mass is 327 g/mol. The van der Waals surface area contributed by atoms with E-state index in [1.54, 1.807) is 0 Å². The Morgan fingerprint density at radius 1 is 1.14 bits per heavy atom. The van der Waals surface area contributed by atoms with Crippen LogP contribution in [0.2, 0.25) is 10.0 Å². The molecule has 21 heavy (non-hydrogen) atoms. The van der Waals surface area contributed by atoms with Gasteiger partial charge >= 0.3 is 0 Å². The van der Waals surface area contributed by atoms with Crippen LogP contribution in [0.15, 0.2) is 18.2 Å². The molecule has 1 aromatic carbocycles.